The predicted molar refractivity (Wildman–Crippen MR) is 91.8 cm³/mol. The van der Waals surface area contributed by atoms with Crippen molar-refractivity contribution in [1.82, 2.24) is 5.32 Å². The van der Waals surface area contributed by atoms with Crippen molar-refractivity contribution in [1.29, 1.82) is 0 Å². The van der Waals surface area contributed by atoms with Gasteiger partial charge in [0.2, 0.25) is 0 Å². The highest BCUT2D eigenvalue weighted by molar-refractivity contribution is 6.42. The quantitative estimate of drug-likeness (QED) is 0.874. The number of hydrogen-bond donors (Lipinski definition) is 2. The van der Waals surface area contributed by atoms with E-state index >= 15 is 0 Å². The molecule has 116 valence electrons. The van der Waals surface area contributed by atoms with Gasteiger partial charge in [-0.15, -0.1) is 0 Å². The van der Waals surface area contributed by atoms with E-state index in [0.29, 0.717) is 16.6 Å². The van der Waals surface area contributed by atoms with E-state index in [-0.39, 0.29) is 6.10 Å². The largest absolute Gasteiger partial charge is 0.381 e. The molecule has 1 saturated heterocycles. The normalized spacial score (nSPS) is 18.2. The average molecular weight is 337 g/mol. The summed E-state index contributed by atoms with van der Waals surface area (Å²) >= 11 is 11.9. The molecule has 1 aliphatic heterocycles. The van der Waals surface area contributed by atoms with Gasteiger partial charge in [-0.1, -0.05) is 41.4 Å². The van der Waals surface area contributed by atoms with E-state index in [1.807, 2.05) is 18.2 Å². The molecule has 0 bridgehead atoms. The lowest BCUT2D eigenvalue weighted by molar-refractivity contribution is 0.0277. The number of morpholine rings is 1. The first-order valence-corrected chi connectivity index (χ1v) is 8.08. The molecule has 2 aromatic carbocycles. The highest BCUT2D eigenvalue weighted by Gasteiger charge is 2.15. The molecule has 0 spiro atoms. The highest BCUT2D eigenvalue weighted by Crippen LogP contribution is 2.24. The van der Waals surface area contributed by atoms with E-state index in [1.165, 1.54) is 5.56 Å². The Morgan fingerprint density at radius 1 is 1.09 bits per heavy atom. The van der Waals surface area contributed by atoms with E-state index in [0.717, 1.165) is 30.9 Å². The first-order valence-electron chi connectivity index (χ1n) is 7.32. The fourth-order valence-electron chi connectivity index (χ4n) is 2.45. The van der Waals surface area contributed by atoms with Gasteiger partial charge in [0.05, 0.1) is 22.8 Å². The molecule has 3 rings (SSSR count). The summed E-state index contributed by atoms with van der Waals surface area (Å²) in [6, 6.07) is 14.0. The van der Waals surface area contributed by atoms with Crippen molar-refractivity contribution < 1.29 is 4.74 Å². The number of anilines is 1. The van der Waals surface area contributed by atoms with Gasteiger partial charge in [0, 0.05) is 25.3 Å². The fourth-order valence-corrected chi connectivity index (χ4v) is 2.77. The number of rotatable bonds is 4. The molecule has 0 aromatic heterocycles. The molecule has 2 N–H and O–H groups in total. The van der Waals surface area contributed by atoms with Gasteiger partial charge in [-0.2, -0.15) is 0 Å². The Morgan fingerprint density at radius 2 is 1.91 bits per heavy atom. The number of nitrogens with one attached hydrogen (secondary N) is 2. The molecule has 1 atom stereocenters. The lowest BCUT2D eigenvalue weighted by atomic mass is 10.1. The number of halogens is 2. The van der Waals surface area contributed by atoms with Gasteiger partial charge in [0.25, 0.3) is 0 Å². The average Bonchev–Trinajstić information content (AvgIpc) is 2.57. The van der Waals surface area contributed by atoms with Crippen LogP contribution >= 0.6 is 23.2 Å². The van der Waals surface area contributed by atoms with Gasteiger partial charge in [-0.05, 0) is 35.4 Å². The Balaban J connectivity index is 1.59. The molecule has 0 aliphatic carbocycles. The molecule has 1 unspecified atom stereocenters. The smallest absolute Gasteiger partial charge is 0.0949 e. The highest BCUT2D eigenvalue weighted by atomic mass is 35.5. The van der Waals surface area contributed by atoms with Crippen LogP contribution in [0.4, 0.5) is 5.69 Å². The molecule has 0 amide bonds. The summed E-state index contributed by atoms with van der Waals surface area (Å²) in [5, 5.41) is 7.88. The third kappa shape index (κ3) is 3.93. The van der Waals surface area contributed by atoms with Crippen molar-refractivity contribution >= 4 is 28.9 Å². The Morgan fingerprint density at radius 3 is 2.59 bits per heavy atom. The number of benzene rings is 2. The minimum Gasteiger partial charge on any atom is -0.381 e. The maximum absolute atomic E-state index is 6.02. The van der Waals surface area contributed by atoms with Crippen molar-refractivity contribution in [3.05, 3.63) is 63.6 Å². The number of ether oxygens (including phenoxy) is 1. The van der Waals surface area contributed by atoms with Gasteiger partial charge in [0.15, 0.2) is 0 Å². The molecule has 1 heterocycles. The van der Waals surface area contributed by atoms with Crippen LogP contribution in [0.15, 0.2) is 42.5 Å². The summed E-state index contributed by atoms with van der Waals surface area (Å²) in [7, 11) is 0. The monoisotopic (exact) mass is 336 g/mol. The van der Waals surface area contributed by atoms with Crippen molar-refractivity contribution in [2.24, 2.45) is 0 Å². The summed E-state index contributed by atoms with van der Waals surface area (Å²) in [4.78, 5) is 0. The maximum Gasteiger partial charge on any atom is 0.0949 e. The summed E-state index contributed by atoms with van der Waals surface area (Å²) in [5.41, 5.74) is 3.36. The molecular weight excluding hydrogens is 319 g/mol. The fraction of sp³-hybridized carbons (Fsp3) is 0.294. The first kappa shape index (κ1) is 15.6. The molecule has 0 radical (unpaired) electrons. The molecule has 5 heteroatoms. The second-order valence-corrected chi connectivity index (χ2v) is 6.10. The summed E-state index contributed by atoms with van der Waals surface area (Å²) in [5.74, 6) is 0. The van der Waals surface area contributed by atoms with E-state index in [4.69, 9.17) is 27.9 Å². The zero-order valence-corrected chi connectivity index (χ0v) is 13.6. The molecule has 1 aliphatic rings. The van der Waals surface area contributed by atoms with Crippen LogP contribution in [0, 0.1) is 0 Å². The van der Waals surface area contributed by atoms with E-state index < -0.39 is 0 Å². The number of hydrogen-bond acceptors (Lipinski definition) is 3. The molecule has 1 fully saturated rings. The van der Waals surface area contributed by atoms with E-state index in [9.17, 15) is 0 Å². The van der Waals surface area contributed by atoms with Crippen molar-refractivity contribution in [2.75, 3.05) is 25.0 Å². The standard InChI is InChI=1S/C17H18Cl2N2O/c18-15-6-1-12(9-16(15)19)10-21-14-4-2-13(3-5-14)17-11-20-7-8-22-17/h1-6,9,17,20-21H,7-8,10-11H2. The van der Waals surface area contributed by atoms with Gasteiger partial charge in [-0.3, -0.25) is 0 Å². The zero-order chi connectivity index (χ0) is 15.4. The SMILES string of the molecule is Clc1ccc(CNc2ccc(C3CNCCO3)cc2)cc1Cl. The molecular formula is C17H18Cl2N2O. The van der Waals surface area contributed by atoms with Crippen molar-refractivity contribution in [3.63, 3.8) is 0 Å². The topological polar surface area (TPSA) is 33.3 Å². The van der Waals surface area contributed by atoms with Crippen molar-refractivity contribution in [2.45, 2.75) is 12.6 Å². The summed E-state index contributed by atoms with van der Waals surface area (Å²) in [6.45, 7) is 3.27. The Bertz CT molecular complexity index is 625. The van der Waals surface area contributed by atoms with Gasteiger partial charge < -0.3 is 15.4 Å². The summed E-state index contributed by atoms with van der Waals surface area (Å²) < 4.78 is 5.75. The minimum atomic E-state index is 0.151. The van der Waals surface area contributed by atoms with Crippen LogP contribution in [0.5, 0.6) is 0 Å². The van der Waals surface area contributed by atoms with Crippen LogP contribution in [0.1, 0.15) is 17.2 Å². The predicted octanol–water partition coefficient (Wildman–Crippen LogP) is 4.27. The van der Waals surface area contributed by atoms with Crippen LogP contribution in [0.3, 0.4) is 0 Å². The van der Waals surface area contributed by atoms with Gasteiger partial charge >= 0.3 is 0 Å². The van der Waals surface area contributed by atoms with Crippen LogP contribution in [-0.4, -0.2) is 19.7 Å². The van der Waals surface area contributed by atoms with Crippen LogP contribution in [0.25, 0.3) is 0 Å². The lowest BCUT2D eigenvalue weighted by Gasteiger charge is -2.24. The van der Waals surface area contributed by atoms with Crippen LogP contribution < -0.4 is 10.6 Å². The lowest BCUT2D eigenvalue weighted by Crippen LogP contribution is -2.33. The van der Waals surface area contributed by atoms with Crippen LogP contribution in [-0.2, 0) is 11.3 Å². The van der Waals surface area contributed by atoms with Gasteiger partial charge in [0.1, 0.15) is 0 Å². The third-order valence-electron chi connectivity index (χ3n) is 3.69. The molecule has 2 aromatic rings. The first-order chi connectivity index (χ1) is 10.7. The molecule has 22 heavy (non-hydrogen) atoms. The second-order valence-electron chi connectivity index (χ2n) is 5.29. The Hall–Kier alpha value is -1.26. The van der Waals surface area contributed by atoms with Crippen molar-refractivity contribution in [3.8, 4) is 0 Å². The molecule has 0 saturated carbocycles. The van der Waals surface area contributed by atoms with E-state index in [2.05, 4.69) is 34.9 Å². The van der Waals surface area contributed by atoms with E-state index in [1.54, 1.807) is 0 Å². The second kappa shape index (κ2) is 7.34. The van der Waals surface area contributed by atoms with Crippen LogP contribution in [0.2, 0.25) is 10.0 Å². The maximum atomic E-state index is 6.02. The van der Waals surface area contributed by atoms with Gasteiger partial charge in [-0.25, -0.2) is 0 Å². The molecule has 3 nitrogen and oxygen atoms in total. The Labute approximate surface area is 140 Å². The third-order valence-corrected chi connectivity index (χ3v) is 4.43. The Kier molecular flexibility index (Phi) is 5.21. The summed E-state index contributed by atoms with van der Waals surface area (Å²) in [6.07, 6.45) is 0.151. The zero-order valence-electron chi connectivity index (χ0n) is 12.1. The minimum absolute atomic E-state index is 0.151.